The van der Waals surface area contributed by atoms with E-state index in [-0.39, 0.29) is 23.7 Å². The fourth-order valence-corrected chi connectivity index (χ4v) is 0.0552. The first-order chi connectivity index (χ1) is 4.59. The molecular formula is C4H10O8. The Kier molecular flexibility index (Phi) is 30.1. The molecule has 0 aliphatic heterocycles. The van der Waals surface area contributed by atoms with E-state index >= 15 is 0 Å². The fraction of sp³-hybridized carbons (Fsp3) is 0. The highest BCUT2D eigenvalue weighted by Crippen LogP contribution is 1.81. The highest BCUT2D eigenvalue weighted by atomic mass is 16.4. The van der Waals surface area contributed by atoms with Crippen LogP contribution in [0.1, 0.15) is 0 Å². The van der Waals surface area contributed by atoms with Gasteiger partial charge in [-0.2, -0.15) is 0 Å². The average molecular weight is 186 g/mol. The van der Waals surface area contributed by atoms with Gasteiger partial charge in [0.05, 0.1) is 0 Å². The van der Waals surface area contributed by atoms with Crippen LogP contribution in [-0.2, 0) is 9.59 Å². The van der Waals surface area contributed by atoms with Crippen LogP contribution in [-0.4, -0.2) is 43.8 Å². The van der Waals surface area contributed by atoms with E-state index in [1.54, 1.807) is 0 Å². The van der Waals surface area contributed by atoms with Crippen molar-refractivity contribution in [2.75, 3.05) is 0 Å². The van der Waals surface area contributed by atoms with Crippen LogP contribution >= 0.6 is 0 Å². The topological polar surface area (TPSA) is 178 Å². The van der Waals surface area contributed by atoms with Crippen LogP contribution in [0.15, 0.2) is 12.0 Å². The number of hydrogen-bond donors (Lipinski definition) is 4. The molecule has 0 aromatic carbocycles. The van der Waals surface area contributed by atoms with E-state index in [1.807, 2.05) is 0 Å². The lowest BCUT2D eigenvalue weighted by atomic mass is 10.6. The van der Waals surface area contributed by atoms with Gasteiger partial charge in [0.2, 0.25) is 5.76 Å². The molecule has 0 spiro atoms. The molecule has 0 bridgehead atoms. The largest absolute Gasteiger partial charge is 0.511 e. The van der Waals surface area contributed by atoms with E-state index in [0.717, 1.165) is 0 Å². The quantitative estimate of drug-likeness (QED) is 0.210. The minimum atomic E-state index is -1.54. The second kappa shape index (κ2) is 16.1. The third-order valence-electron chi connectivity index (χ3n) is 0.341. The molecule has 0 aliphatic carbocycles. The lowest BCUT2D eigenvalue weighted by Gasteiger charge is -1.82. The molecule has 0 rings (SSSR count). The number of hydrogen-bond acceptors (Lipinski definition) is 4. The smallest absolute Gasteiger partial charge is 0.374 e. The van der Waals surface area contributed by atoms with Gasteiger partial charge in [-0.1, -0.05) is 0 Å². The molecule has 0 atom stereocenters. The molecular weight excluding hydrogens is 176 g/mol. The molecule has 0 aromatic rings. The zero-order valence-electron chi connectivity index (χ0n) is 5.76. The first kappa shape index (κ1) is 22.5. The molecule has 0 aliphatic rings. The first-order valence-corrected chi connectivity index (χ1v) is 1.94. The summed E-state index contributed by atoms with van der Waals surface area (Å²) >= 11 is 0. The molecule has 0 aromatic heterocycles. The minimum absolute atomic E-state index is 0. The summed E-state index contributed by atoms with van der Waals surface area (Å²) in [6.07, 6.45) is 0.113. The van der Waals surface area contributed by atoms with Crippen molar-refractivity contribution in [3.05, 3.63) is 12.0 Å². The second-order valence-corrected chi connectivity index (χ2v) is 0.925. The molecule has 0 radical (unpaired) electrons. The van der Waals surface area contributed by atoms with Crippen molar-refractivity contribution in [1.82, 2.24) is 0 Å². The van der Waals surface area contributed by atoms with Crippen molar-refractivity contribution in [1.29, 1.82) is 0 Å². The Labute approximate surface area is 66.6 Å². The van der Waals surface area contributed by atoms with Crippen molar-refractivity contribution < 1.29 is 41.0 Å². The highest BCUT2D eigenvalue weighted by Gasteiger charge is 1.99. The Morgan fingerprint density at radius 2 is 1.33 bits per heavy atom. The molecule has 0 unspecified atom stereocenters. The van der Waals surface area contributed by atoms with Crippen molar-refractivity contribution in [3.63, 3.8) is 0 Å². The number of carboxylic acid groups (broad SMARTS) is 2. The van der Waals surface area contributed by atoms with Crippen LogP contribution in [0.3, 0.4) is 0 Å². The maximum Gasteiger partial charge on any atom is 0.374 e. The highest BCUT2D eigenvalue weighted by molar-refractivity contribution is 5.83. The van der Waals surface area contributed by atoms with Crippen LogP contribution in [0.2, 0.25) is 0 Å². The Morgan fingerprint density at radius 1 is 1.08 bits per heavy atom. The van der Waals surface area contributed by atoms with E-state index < -0.39 is 11.7 Å². The van der Waals surface area contributed by atoms with Crippen molar-refractivity contribution in [2.45, 2.75) is 0 Å². The first-order valence-electron chi connectivity index (χ1n) is 1.94. The van der Waals surface area contributed by atoms with Crippen LogP contribution in [0, 0.1) is 0 Å². The molecule has 8 nitrogen and oxygen atoms in total. The molecule has 0 amide bonds. The molecule has 12 heavy (non-hydrogen) atoms. The van der Waals surface area contributed by atoms with Gasteiger partial charge < -0.3 is 31.4 Å². The van der Waals surface area contributed by atoms with Gasteiger partial charge in [0, 0.05) is 0 Å². The van der Waals surface area contributed by atoms with Crippen LogP contribution in [0.25, 0.3) is 0 Å². The fourth-order valence-electron chi connectivity index (χ4n) is 0.0552. The zero-order valence-corrected chi connectivity index (χ0v) is 5.76. The summed E-state index contributed by atoms with van der Waals surface area (Å²) < 4.78 is 0. The van der Waals surface area contributed by atoms with Gasteiger partial charge in [0.15, 0.2) is 0 Å². The Balaban J connectivity index is -0.0000000569. The predicted octanol–water partition coefficient (Wildman–Crippen LogP) is -1.92. The minimum Gasteiger partial charge on any atom is -0.511 e. The van der Waals surface area contributed by atoms with Gasteiger partial charge in [0.1, 0.15) is 6.26 Å². The van der Waals surface area contributed by atoms with Gasteiger partial charge in [-0.15, -0.1) is 0 Å². The van der Waals surface area contributed by atoms with Crippen LogP contribution in [0.5, 0.6) is 0 Å². The number of carboxylic acids is 1. The van der Waals surface area contributed by atoms with Crippen LogP contribution < -0.4 is 0 Å². The maximum absolute atomic E-state index is 9.45. The Bertz CT molecular complexity index is 138. The number of carbonyl (C=O) groups is 2. The third kappa shape index (κ3) is 24.1. The monoisotopic (exact) mass is 186 g/mol. The van der Waals surface area contributed by atoms with Gasteiger partial charge in [-0.05, 0) is 0 Å². The summed E-state index contributed by atoms with van der Waals surface area (Å²) in [6.45, 7) is -0.250. The molecule has 0 saturated carbocycles. The lowest BCUT2D eigenvalue weighted by molar-refractivity contribution is -0.135. The zero-order chi connectivity index (χ0) is 8.57. The predicted molar refractivity (Wildman–Crippen MR) is 36.9 cm³/mol. The van der Waals surface area contributed by atoms with Crippen LogP contribution in [0.4, 0.5) is 0 Å². The molecule has 0 saturated heterocycles. The summed E-state index contributed by atoms with van der Waals surface area (Å²) in [4.78, 5) is 17.8. The van der Waals surface area contributed by atoms with E-state index in [1.165, 1.54) is 0 Å². The maximum atomic E-state index is 9.45. The second-order valence-electron chi connectivity index (χ2n) is 0.925. The van der Waals surface area contributed by atoms with Crippen molar-refractivity contribution in [2.24, 2.45) is 0 Å². The van der Waals surface area contributed by atoms with E-state index in [2.05, 4.69) is 0 Å². The van der Waals surface area contributed by atoms with E-state index in [4.69, 9.17) is 25.2 Å². The molecule has 8 N–H and O–H groups in total. The van der Waals surface area contributed by atoms with Gasteiger partial charge in [-0.25, -0.2) is 4.79 Å². The standard InChI is InChI=1S/C3H4O4.CH2O2.2H2O/c4-1-2(5)3(6)7;2-1-3;;/h1,4-5H,(H,6,7);1H,(H,2,3);2*1H2/b2-1+;;;. The number of rotatable bonds is 1. The number of aliphatic hydroxyl groups excluding tert-OH is 2. The molecule has 74 valence electrons. The molecule has 0 heterocycles. The molecule has 0 fully saturated rings. The van der Waals surface area contributed by atoms with Crippen molar-refractivity contribution >= 4 is 12.4 Å². The SMILES string of the molecule is O.O.O=C(O)/C(O)=C\O.O=CO. The normalized spacial score (nSPS) is 7.50. The summed E-state index contributed by atoms with van der Waals surface area (Å²) in [5.74, 6) is -2.59. The Morgan fingerprint density at radius 3 is 1.33 bits per heavy atom. The number of aliphatic hydroxyl groups is 2. The van der Waals surface area contributed by atoms with E-state index in [9.17, 15) is 4.79 Å². The van der Waals surface area contributed by atoms with Gasteiger partial charge >= 0.3 is 5.97 Å². The summed E-state index contributed by atoms with van der Waals surface area (Å²) in [7, 11) is 0. The summed E-state index contributed by atoms with van der Waals surface area (Å²) in [5, 5.41) is 30.3. The average Bonchev–Trinajstić information content (AvgIpc) is 1.88. The summed E-state index contributed by atoms with van der Waals surface area (Å²) in [5.41, 5.74) is 0. The number of aliphatic carboxylic acids is 1. The van der Waals surface area contributed by atoms with Crippen molar-refractivity contribution in [3.8, 4) is 0 Å². The summed E-state index contributed by atoms with van der Waals surface area (Å²) in [6, 6.07) is 0. The lowest BCUT2D eigenvalue weighted by Crippen LogP contribution is -1.97. The van der Waals surface area contributed by atoms with Gasteiger partial charge in [-0.3, -0.25) is 4.79 Å². The third-order valence-corrected chi connectivity index (χ3v) is 0.341. The van der Waals surface area contributed by atoms with Gasteiger partial charge in [0.25, 0.3) is 6.47 Å². The molecule has 8 heteroatoms. The van der Waals surface area contributed by atoms with E-state index in [0.29, 0.717) is 0 Å². The Hall–Kier alpha value is -1.80.